The highest BCUT2D eigenvalue weighted by molar-refractivity contribution is 9.11. The zero-order valence-electron chi connectivity index (χ0n) is 7.67. The average molecular weight is 262 g/mol. The molecule has 0 saturated heterocycles. The Morgan fingerprint density at radius 3 is 2.62 bits per heavy atom. The minimum Gasteiger partial charge on any atom is -0.395 e. The predicted molar refractivity (Wildman–Crippen MR) is 57.0 cm³/mol. The van der Waals surface area contributed by atoms with Crippen LogP contribution in [0.5, 0.6) is 0 Å². The van der Waals surface area contributed by atoms with Crippen LogP contribution < -0.4 is 0 Å². The predicted octanol–water partition coefficient (Wildman–Crippen LogP) is 2.57. The second-order valence-electron chi connectivity index (χ2n) is 4.29. The molecule has 1 unspecified atom stereocenters. The molecule has 1 heterocycles. The van der Waals surface area contributed by atoms with E-state index in [1.54, 1.807) is 11.3 Å². The Morgan fingerprint density at radius 1 is 1.69 bits per heavy atom. The van der Waals surface area contributed by atoms with Gasteiger partial charge in [0.25, 0.3) is 0 Å². The van der Waals surface area contributed by atoms with Gasteiger partial charge in [-0.1, -0.05) is 13.8 Å². The Labute approximate surface area is 90.1 Å². The Balaban J connectivity index is 2.35. The molecule has 1 aliphatic carbocycles. The molecule has 1 saturated carbocycles. The quantitative estimate of drug-likeness (QED) is 0.888. The van der Waals surface area contributed by atoms with Crippen molar-refractivity contribution in [1.29, 1.82) is 0 Å². The summed E-state index contributed by atoms with van der Waals surface area (Å²) in [7, 11) is 0. The van der Waals surface area contributed by atoms with Gasteiger partial charge in [-0.05, 0) is 27.8 Å². The van der Waals surface area contributed by atoms with E-state index in [9.17, 15) is 5.11 Å². The van der Waals surface area contributed by atoms with Gasteiger partial charge in [-0.25, -0.2) is 4.98 Å². The third-order valence-electron chi connectivity index (χ3n) is 3.15. The van der Waals surface area contributed by atoms with Gasteiger partial charge < -0.3 is 5.11 Å². The highest BCUT2D eigenvalue weighted by atomic mass is 79.9. The van der Waals surface area contributed by atoms with Crippen molar-refractivity contribution in [2.75, 3.05) is 6.61 Å². The molecule has 0 spiro atoms. The van der Waals surface area contributed by atoms with Crippen LogP contribution in [-0.2, 0) is 5.41 Å². The number of aliphatic hydroxyl groups is 1. The lowest BCUT2D eigenvalue weighted by molar-refractivity contribution is 0.229. The summed E-state index contributed by atoms with van der Waals surface area (Å²) in [4.78, 5) is 4.39. The molecule has 1 aliphatic rings. The van der Waals surface area contributed by atoms with Gasteiger partial charge in [0.05, 0.1) is 12.3 Å². The maximum absolute atomic E-state index is 9.40. The van der Waals surface area contributed by atoms with Crippen LogP contribution in [0.25, 0.3) is 0 Å². The summed E-state index contributed by atoms with van der Waals surface area (Å²) < 4.78 is 0.901. The maximum Gasteiger partial charge on any atom is 0.159 e. The van der Waals surface area contributed by atoms with Crippen molar-refractivity contribution >= 4 is 27.3 Å². The summed E-state index contributed by atoms with van der Waals surface area (Å²) in [5, 5.41) is 11.4. The van der Waals surface area contributed by atoms with Gasteiger partial charge in [0.2, 0.25) is 0 Å². The molecular weight excluding hydrogens is 250 g/mol. The fraction of sp³-hybridized carbons (Fsp3) is 0.667. The molecule has 4 heteroatoms. The zero-order chi connectivity index (χ0) is 9.69. The van der Waals surface area contributed by atoms with Gasteiger partial charge in [-0.15, -0.1) is 11.3 Å². The molecule has 13 heavy (non-hydrogen) atoms. The lowest BCUT2D eigenvalue weighted by Crippen LogP contribution is -2.19. The molecule has 2 rings (SSSR count). The van der Waals surface area contributed by atoms with E-state index in [0.717, 1.165) is 16.0 Å². The van der Waals surface area contributed by atoms with Gasteiger partial charge in [-0.2, -0.15) is 0 Å². The molecule has 1 atom stereocenters. The molecule has 1 aromatic heterocycles. The molecule has 0 aliphatic heterocycles. The average Bonchev–Trinajstić information content (AvgIpc) is 2.43. The van der Waals surface area contributed by atoms with Crippen molar-refractivity contribution in [2.24, 2.45) is 5.41 Å². The first-order valence-corrected chi connectivity index (χ1v) is 5.91. The molecule has 0 amide bonds. The normalized spacial score (nSPS) is 30.5. The maximum atomic E-state index is 9.40. The van der Waals surface area contributed by atoms with Gasteiger partial charge in [0, 0.05) is 10.8 Å². The third kappa shape index (κ3) is 1.27. The number of rotatable bonds is 2. The summed E-state index contributed by atoms with van der Waals surface area (Å²) in [6.45, 7) is 4.56. The number of aromatic nitrogens is 1. The summed E-state index contributed by atoms with van der Waals surface area (Å²) in [6.07, 6.45) is 1.03. The fourth-order valence-electron chi connectivity index (χ4n) is 1.97. The first-order valence-electron chi connectivity index (χ1n) is 4.24. The van der Waals surface area contributed by atoms with Crippen LogP contribution in [0.1, 0.15) is 26.0 Å². The smallest absolute Gasteiger partial charge is 0.159 e. The van der Waals surface area contributed by atoms with E-state index in [4.69, 9.17) is 0 Å². The van der Waals surface area contributed by atoms with Crippen molar-refractivity contribution in [3.8, 4) is 0 Å². The van der Waals surface area contributed by atoms with Gasteiger partial charge in [0.1, 0.15) is 0 Å². The summed E-state index contributed by atoms with van der Waals surface area (Å²) in [5.41, 5.74) is 1.17. The minimum absolute atomic E-state index is 0.0739. The van der Waals surface area contributed by atoms with Gasteiger partial charge in [0.15, 0.2) is 3.92 Å². The highest BCUT2D eigenvalue weighted by Crippen LogP contribution is 2.63. The fourth-order valence-corrected chi connectivity index (χ4v) is 3.08. The topological polar surface area (TPSA) is 33.1 Å². The van der Waals surface area contributed by atoms with Crippen molar-refractivity contribution in [3.63, 3.8) is 0 Å². The van der Waals surface area contributed by atoms with Crippen molar-refractivity contribution < 1.29 is 5.11 Å². The van der Waals surface area contributed by atoms with Gasteiger partial charge >= 0.3 is 0 Å². The van der Waals surface area contributed by atoms with E-state index in [-0.39, 0.29) is 17.4 Å². The molecule has 2 nitrogen and oxygen atoms in total. The monoisotopic (exact) mass is 261 g/mol. The Hall–Kier alpha value is 0.0700. The second-order valence-corrected chi connectivity index (χ2v) is 6.42. The standard InChI is InChI=1S/C9H12BrNOS/c1-8(2)4-9(8,5-12)6-3-13-7(10)11-6/h3,12H,4-5H2,1-2H3. The van der Waals surface area contributed by atoms with E-state index >= 15 is 0 Å². The number of hydrogen-bond donors (Lipinski definition) is 1. The first kappa shape index (κ1) is 9.62. The minimum atomic E-state index is -0.0739. The van der Waals surface area contributed by atoms with Crippen LogP contribution in [0.4, 0.5) is 0 Å². The van der Waals surface area contributed by atoms with E-state index in [2.05, 4.69) is 34.8 Å². The molecule has 0 radical (unpaired) electrons. The van der Waals surface area contributed by atoms with E-state index < -0.39 is 0 Å². The number of hydrogen-bond acceptors (Lipinski definition) is 3. The van der Waals surface area contributed by atoms with Crippen LogP contribution in [-0.4, -0.2) is 16.7 Å². The van der Waals surface area contributed by atoms with E-state index in [1.165, 1.54) is 0 Å². The van der Waals surface area contributed by atoms with Crippen LogP contribution in [0, 0.1) is 5.41 Å². The molecule has 1 fully saturated rings. The van der Waals surface area contributed by atoms with Gasteiger partial charge in [-0.3, -0.25) is 0 Å². The van der Waals surface area contributed by atoms with E-state index in [1.807, 2.05) is 5.38 Å². The number of nitrogens with zero attached hydrogens (tertiary/aromatic N) is 1. The van der Waals surface area contributed by atoms with Crippen molar-refractivity contribution in [2.45, 2.75) is 25.7 Å². The van der Waals surface area contributed by atoms with Crippen LogP contribution in [0.15, 0.2) is 9.30 Å². The SMILES string of the molecule is CC1(C)CC1(CO)c1csc(Br)n1. The summed E-state index contributed by atoms with van der Waals surface area (Å²) in [6, 6.07) is 0. The molecule has 1 aromatic rings. The third-order valence-corrected chi connectivity index (χ3v) is 4.52. The second kappa shape index (κ2) is 2.78. The zero-order valence-corrected chi connectivity index (χ0v) is 10.1. The Kier molecular flexibility index (Phi) is 2.06. The molecule has 0 bridgehead atoms. The molecular formula is C9H12BrNOS. The molecule has 0 aromatic carbocycles. The number of aliphatic hydroxyl groups excluding tert-OH is 1. The largest absolute Gasteiger partial charge is 0.395 e. The first-order chi connectivity index (χ1) is 6.02. The van der Waals surface area contributed by atoms with Crippen LogP contribution in [0.2, 0.25) is 0 Å². The summed E-state index contributed by atoms with van der Waals surface area (Å²) >= 11 is 4.93. The van der Waals surface area contributed by atoms with Crippen LogP contribution >= 0.6 is 27.3 Å². The summed E-state index contributed by atoms with van der Waals surface area (Å²) in [5.74, 6) is 0. The lowest BCUT2D eigenvalue weighted by Gasteiger charge is -2.14. The van der Waals surface area contributed by atoms with Crippen molar-refractivity contribution in [3.05, 3.63) is 15.0 Å². The van der Waals surface area contributed by atoms with Crippen LogP contribution in [0.3, 0.4) is 0 Å². The molecule has 1 N–H and O–H groups in total. The Morgan fingerprint density at radius 2 is 2.31 bits per heavy atom. The Bertz CT molecular complexity index is 336. The van der Waals surface area contributed by atoms with E-state index in [0.29, 0.717) is 0 Å². The number of thiazole rings is 1. The highest BCUT2D eigenvalue weighted by Gasteiger charge is 2.62. The molecule has 72 valence electrons. The van der Waals surface area contributed by atoms with Crippen molar-refractivity contribution in [1.82, 2.24) is 4.98 Å². The lowest BCUT2D eigenvalue weighted by atomic mass is 9.94. The number of halogens is 1.